The Hall–Kier alpha value is -1.48. The molecule has 2 fully saturated rings. The Bertz CT molecular complexity index is 782. The number of amides is 1. The molecule has 3 aliphatic heterocycles. The van der Waals surface area contributed by atoms with Crippen molar-refractivity contribution < 1.29 is 17.9 Å². The first-order valence-electron chi connectivity index (χ1n) is 9.25. The van der Waals surface area contributed by atoms with Crippen LogP contribution in [0.5, 0.6) is 0 Å². The molecule has 8 heteroatoms. The lowest BCUT2D eigenvalue weighted by molar-refractivity contribution is -0.115. The molecule has 1 aromatic rings. The first kappa shape index (κ1) is 17.9. The minimum atomic E-state index is -3.50. The molecule has 0 saturated carbocycles. The molecule has 0 aromatic heterocycles. The fourth-order valence-corrected chi connectivity index (χ4v) is 5.52. The van der Waals surface area contributed by atoms with Gasteiger partial charge in [0, 0.05) is 38.4 Å². The minimum Gasteiger partial charge on any atom is -0.379 e. The number of rotatable bonds is 4. The van der Waals surface area contributed by atoms with Crippen molar-refractivity contribution in [3.63, 3.8) is 0 Å². The van der Waals surface area contributed by atoms with E-state index in [9.17, 15) is 13.2 Å². The lowest BCUT2D eigenvalue weighted by Gasteiger charge is -2.35. The van der Waals surface area contributed by atoms with E-state index in [0.717, 1.165) is 56.9 Å². The molecule has 0 bridgehead atoms. The van der Waals surface area contributed by atoms with Crippen molar-refractivity contribution in [1.29, 1.82) is 0 Å². The van der Waals surface area contributed by atoms with Gasteiger partial charge in [0.05, 0.1) is 24.5 Å². The van der Waals surface area contributed by atoms with Crippen LogP contribution in [0.4, 0.5) is 5.69 Å². The van der Waals surface area contributed by atoms with Gasteiger partial charge in [0.1, 0.15) is 0 Å². The molecule has 0 spiro atoms. The second kappa shape index (κ2) is 7.26. The Labute approximate surface area is 154 Å². The third kappa shape index (κ3) is 3.64. The van der Waals surface area contributed by atoms with Crippen LogP contribution in [-0.4, -0.2) is 69.5 Å². The van der Waals surface area contributed by atoms with E-state index in [0.29, 0.717) is 23.9 Å². The van der Waals surface area contributed by atoms with Crippen LogP contribution in [-0.2, 0) is 26.0 Å². The molecule has 3 aliphatic rings. The predicted octanol–water partition coefficient (Wildman–Crippen LogP) is 0.914. The molecule has 0 aliphatic carbocycles. The summed E-state index contributed by atoms with van der Waals surface area (Å²) in [6, 6.07) is 4.93. The third-order valence-electron chi connectivity index (χ3n) is 5.53. The van der Waals surface area contributed by atoms with Crippen molar-refractivity contribution in [2.75, 3.05) is 51.3 Å². The Morgan fingerprint density at radius 3 is 2.58 bits per heavy atom. The van der Waals surface area contributed by atoms with Crippen molar-refractivity contribution >= 4 is 21.6 Å². The second-order valence-electron chi connectivity index (χ2n) is 7.30. The largest absolute Gasteiger partial charge is 0.379 e. The Balaban J connectivity index is 1.39. The highest BCUT2D eigenvalue weighted by atomic mass is 32.2. The van der Waals surface area contributed by atoms with Crippen LogP contribution in [0.3, 0.4) is 0 Å². The number of hydrogen-bond acceptors (Lipinski definition) is 5. The third-order valence-corrected chi connectivity index (χ3v) is 7.43. The van der Waals surface area contributed by atoms with Crippen molar-refractivity contribution in [3.05, 3.63) is 23.8 Å². The number of piperidine rings is 1. The number of morpholine rings is 1. The molecule has 26 heavy (non-hydrogen) atoms. The molecule has 3 heterocycles. The van der Waals surface area contributed by atoms with Crippen molar-refractivity contribution in [3.8, 4) is 0 Å². The summed E-state index contributed by atoms with van der Waals surface area (Å²) in [5.41, 5.74) is 1.48. The van der Waals surface area contributed by atoms with E-state index in [4.69, 9.17) is 4.74 Å². The number of benzene rings is 1. The number of carbonyl (C=O) groups is 1. The van der Waals surface area contributed by atoms with E-state index in [-0.39, 0.29) is 12.3 Å². The van der Waals surface area contributed by atoms with Gasteiger partial charge in [0.25, 0.3) is 0 Å². The maximum Gasteiger partial charge on any atom is 0.243 e. The van der Waals surface area contributed by atoms with Crippen molar-refractivity contribution in [2.24, 2.45) is 5.92 Å². The van der Waals surface area contributed by atoms with Crippen molar-refractivity contribution in [1.82, 2.24) is 9.21 Å². The van der Waals surface area contributed by atoms with E-state index < -0.39 is 10.0 Å². The molecule has 7 nitrogen and oxygen atoms in total. The number of hydrogen-bond donors (Lipinski definition) is 1. The Morgan fingerprint density at radius 2 is 1.85 bits per heavy atom. The van der Waals surface area contributed by atoms with Crippen LogP contribution < -0.4 is 5.32 Å². The molecule has 0 atom stereocenters. The molecule has 1 amide bonds. The number of anilines is 1. The summed E-state index contributed by atoms with van der Waals surface area (Å²) in [5.74, 6) is 0.458. The summed E-state index contributed by atoms with van der Waals surface area (Å²) in [6.07, 6.45) is 2.03. The number of nitrogens with zero attached hydrogens (tertiary/aromatic N) is 2. The SMILES string of the molecule is O=C1Cc2cc(S(=O)(=O)N3CCC(CN4CCOCC4)CC3)ccc2N1. The van der Waals surface area contributed by atoms with Gasteiger partial charge in [0.2, 0.25) is 15.9 Å². The van der Waals surface area contributed by atoms with Gasteiger partial charge in [-0.2, -0.15) is 4.31 Å². The van der Waals surface area contributed by atoms with Gasteiger partial charge in [-0.25, -0.2) is 8.42 Å². The van der Waals surface area contributed by atoms with Crippen LogP contribution in [0.1, 0.15) is 18.4 Å². The van der Waals surface area contributed by atoms with Gasteiger partial charge in [-0.1, -0.05) is 0 Å². The summed E-state index contributed by atoms with van der Waals surface area (Å²) < 4.78 is 32.9. The molecule has 0 radical (unpaired) electrons. The summed E-state index contributed by atoms with van der Waals surface area (Å²) in [5, 5.41) is 2.74. The minimum absolute atomic E-state index is 0.0847. The fourth-order valence-electron chi connectivity index (χ4n) is 4.00. The average Bonchev–Trinajstić information content (AvgIpc) is 3.02. The molecular weight excluding hydrogens is 354 g/mol. The van der Waals surface area contributed by atoms with Crippen molar-refractivity contribution in [2.45, 2.75) is 24.2 Å². The topological polar surface area (TPSA) is 79.0 Å². The molecule has 2 saturated heterocycles. The highest BCUT2D eigenvalue weighted by molar-refractivity contribution is 7.89. The van der Waals surface area contributed by atoms with E-state index in [1.165, 1.54) is 0 Å². The second-order valence-corrected chi connectivity index (χ2v) is 9.24. The zero-order valence-electron chi connectivity index (χ0n) is 14.8. The van der Waals surface area contributed by atoms with E-state index >= 15 is 0 Å². The van der Waals surface area contributed by atoms with Gasteiger partial charge in [-0.15, -0.1) is 0 Å². The van der Waals surface area contributed by atoms with E-state index in [1.54, 1.807) is 22.5 Å². The quantitative estimate of drug-likeness (QED) is 0.841. The van der Waals surface area contributed by atoms with Crippen LogP contribution in [0.25, 0.3) is 0 Å². The van der Waals surface area contributed by atoms with Crippen LogP contribution in [0.2, 0.25) is 0 Å². The van der Waals surface area contributed by atoms with Gasteiger partial charge < -0.3 is 10.1 Å². The van der Waals surface area contributed by atoms with Crippen LogP contribution >= 0.6 is 0 Å². The van der Waals surface area contributed by atoms with E-state index in [1.807, 2.05) is 0 Å². The number of fused-ring (bicyclic) bond motifs is 1. The molecular formula is C18H25N3O4S. The first-order chi connectivity index (χ1) is 12.5. The number of sulfonamides is 1. The normalized spacial score (nSPS) is 23.0. The van der Waals surface area contributed by atoms with Crippen LogP contribution in [0, 0.1) is 5.92 Å². The summed E-state index contributed by atoms with van der Waals surface area (Å²) >= 11 is 0. The molecule has 142 valence electrons. The Kier molecular flexibility index (Phi) is 5.00. The molecule has 1 N–H and O–H groups in total. The van der Waals surface area contributed by atoms with Gasteiger partial charge in [-0.05, 0) is 42.5 Å². The predicted molar refractivity (Wildman–Crippen MR) is 97.5 cm³/mol. The fraction of sp³-hybridized carbons (Fsp3) is 0.611. The Morgan fingerprint density at radius 1 is 1.12 bits per heavy atom. The summed E-state index contributed by atoms with van der Waals surface area (Å²) in [4.78, 5) is 14.2. The van der Waals surface area contributed by atoms with Gasteiger partial charge in [-0.3, -0.25) is 9.69 Å². The molecule has 1 aromatic carbocycles. The monoisotopic (exact) mass is 379 g/mol. The zero-order valence-corrected chi connectivity index (χ0v) is 15.6. The maximum atomic E-state index is 13.0. The number of ether oxygens (including phenoxy) is 1. The lowest BCUT2D eigenvalue weighted by Crippen LogP contribution is -2.44. The zero-order chi connectivity index (χ0) is 18.1. The molecule has 4 rings (SSSR count). The number of carbonyl (C=O) groups excluding carboxylic acids is 1. The highest BCUT2D eigenvalue weighted by Crippen LogP contribution is 2.29. The van der Waals surface area contributed by atoms with E-state index in [2.05, 4.69) is 10.2 Å². The average molecular weight is 379 g/mol. The maximum absolute atomic E-state index is 13.0. The molecule has 0 unspecified atom stereocenters. The number of nitrogens with one attached hydrogen (secondary N) is 1. The smallest absolute Gasteiger partial charge is 0.243 e. The standard InChI is InChI=1S/C18H25N3O4S/c22-18-12-15-11-16(1-2-17(15)19-18)26(23,24)21-5-3-14(4-6-21)13-20-7-9-25-10-8-20/h1-2,11,14H,3-10,12-13H2,(H,19,22). The lowest BCUT2D eigenvalue weighted by atomic mass is 9.97. The summed E-state index contributed by atoms with van der Waals surface area (Å²) in [7, 11) is -3.50. The highest BCUT2D eigenvalue weighted by Gasteiger charge is 2.31. The van der Waals surface area contributed by atoms with Gasteiger partial charge >= 0.3 is 0 Å². The summed E-state index contributed by atoms with van der Waals surface area (Å²) in [6.45, 7) is 5.69. The van der Waals surface area contributed by atoms with Crippen LogP contribution in [0.15, 0.2) is 23.1 Å². The van der Waals surface area contributed by atoms with Gasteiger partial charge in [0.15, 0.2) is 0 Å². The first-order valence-corrected chi connectivity index (χ1v) is 10.7.